The lowest BCUT2D eigenvalue weighted by Crippen LogP contribution is -2.37. The first-order valence-electron chi connectivity index (χ1n) is 8.13. The minimum absolute atomic E-state index is 0.518. The summed E-state index contributed by atoms with van der Waals surface area (Å²) >= 11 is 0. The van der Waals surface area contributed by atoms with E-state index in [4.69, 9.17) is 0 Å². The molecule has 1 aromatic rings. The van der Waals surface area contributed by atoms with Crippen LogP contribution in [0.2, 0.25) is 0 Å². The molecule has 1 aromatic heterocycles. The maximum Gasteiger partial charge on any atom is 0.0543 e. The van der Waals surface area contributed by atoms with E-state index in [1.165, 1.54) is 37.8 Å². The summed E-state index contributed by atoms with van der Waals surface area (Å²) in [5.41, 5.74) is 1.70. The quantitative estimate of drug-likeness (QED) is 0.785. The van der Waals surface area contributed by atoms with Crippen LogP contribution in [0.3, 0.4) is 0 Å². The summed E-state index contributed by atoms with van der Waals surface area (Å²) in [5, 5.41) is 0. The zero-order valence-corrected chi connectivity index (χ0v) is 13.6. The summed E-state index contributed by atoms with van der Waals surface area (Å²) in [6.45, 7) is 8.19. The topological polar surface area (TPSA) is 16.1 Å². The highest BCUT2D eigenvalue weighted by molar-refractivity contribution is 5.03. The van der Waals surface area contributed by atoms with Crippen LogP contribution in [0.1, 0.15) is 58.6 Å². The molecule has 0 saturated heterocycles. The van der Waals surface area contributed by atoms with E-state index in [0.29, 0.717) is 5.41 Å². The average Bonchev–Trinajstić information content (AvgIpc) is 2.48. The first-order chi connectivity index (χ1) is 9.53. The van der Waals surface area contributed by atoms with E-state index in [-0.39, 0.29) is 0 Å². The second kappa shape index (κ2) is 6.71. The van der Waals surface area contributed by atoms with E-state index in [2.05, 4.69) is 49.8 Å². The van der Waals surface area contributed by atoms with Crippen LogP contribution in [0, 0.1) is 11.3 Å². The molecule has 2 nitrogen and oxygen atoms in total. The SMILES string of the molecule is CCC(C)(C)C1CCC(N(C)Cc2ccccn2)CC1. The maximum absolute atomic E-state index is 4.44. The van der Waals surface area contributed by atoms with Gasteiger partial charge in [-0.2, -0.15) is 0 Å². The normalized spacial score (nSPS) is 24.1. The largest absolute Gasteiger partial charge is 0.298 e. The Bertz CT molecular complexity index is 391. The molecular weight excluding hydrogens is 244 g/mol. The molecule has 2 heteroatoms. The first kappa shape index (κ1) is 15.5. The zero-order chi connectivity index (χ0) is 14.6. The third kappa shape index (κ3) is 3.82. The zero-order valence-electron chi connectivity index (χ0n) is 13.6. The Kier molecular flexibility index (Phi) is 5.20. The van der Waals surface area contributed by atoms with Gasteiger partial charge in [0.2, 0.25) is 0 Å². The van der Waals surface area contributed by atoms with Crippen LogP contribution in [0.4, 0.5) is 0 Å². The highest BCUT2D eigenvalue weighted by Crippen LogP contribution is 2.41. The van der Waals surface area contributed by atoms with E-state index < -0.39 is 0 Å². The Labute approximate surface area is 124 Å². The van der Waals surface area contributed by atoms with Gasteiger partial charge in [0, 0.05) is 18.8 Å². The summed E-state index contributed by atoms with van der Waals surface area (Å²) in [5.74, 6) is 0.909. The van der Waals surface area contributed by atoms with Gasteiger partial charge >= 0.3 is 0 Å². The number of aromatic nitrogens is 1. The van der Waals surface area contributed by atoms with Gasteiger partial charge in [-0.1, -0.05) is 33.3 Å². The van der Waals surface area contributed by atoms with Gasteiger partial charge in [-0.15, -0.1) is 0 Å². The Balaban J connectivity index is 1.84. The molecule has 1 saturated carbocycles. The minimum Gasteiger partial charge on any atom is -0.298 e. The monoisotopic (exact) mass is 274 g/mol. The fourth-order valence-electron chi connectivity index (χ4n) is 3.46. The predicted octanol–water partition coefficient (Wildman–Crippen LogP) is 4.51. The smallest absolute Gasteiger partial charge is 0.0543 e. The van der Waals surface area contributed by atoms with Crippen molar-refractivity contribution < 1.29 is 0 Å². The van der Waals surface area contributed by atoms with Crippen molar-refractivity contribution in [1.29, 1.82) is 0 Å². The van der Waals surface area contributed by atoms with Crippen LogP contribution in [-0.4, -0.2) is 23.0 Å². The van der Waals surface area contributed by atoms with Gasteiger partial charge in [0.25, 0.3) is 0 Å². The lowest BCUT2D eigenvalue weighted by Gasteiger charge is -2.41. The van der Waals surface area contributed by atoms with Gasteiger partial charge in [-0.3, -0.25) is 9.88 Å². The second-order valence-electron chi connectivity index (χ2n) is 7.08. The van der Waals surface area contributed by atoms with E-state index in [0.717, 1.165) is 18.5 Å². The fraction of sp³-hybridized carbons (Fsp3) is 0.722. The minimum atomic E-state index is 0.518. The molecule has 2 rings (SSSR count). The van der Waals surface area contributed by atoms with Crippen LogP contribution in [0.25, 0.3) is 0 Å². The predicted molar refractivity (Wildman–Crippen MR) is 85.5 cm³/mol. The molecule has 0 unspecified atom stereocenters. The van der Waals surface area contributed by atoms with Crippen LogP contribution in [0.15, 0.2) is 24.4 Å². The molecule has 0 amide bonds. The number of hydrogen-bond donors (Lipinski definition) is 0. The fourth-order valence-corrected chi connectivity index (χ4v) is 3.46. The van der Waals surface area contributed by atoms with Gasteiger partial charge in [0.05, 0.1) is 5.69 Å². The highest BCUT2D eigenvalue weighted by atomic mass is 15.1. The summed E-state index contributed by atoms with van der Waals surface area (Å²) in [6.07, 6.45) is 8.65. The highest BCUT2D eigenvalue weighted by Gasteiger charge is 2.32. The summed E-state index contributed by atoms with van der Waals surface area (Å²) in [7, 11) is 2.25. The van der Waals surface area contributed by atoms with E-state index in [9.17, 15) is 0 Å². The number of hydrogen-bond acceptors (Lipinski definition) is 2. The molecule has 1 heterocycles. The van der Waals surface area contributed by atoms with Crippen LogP contribution < -0.4 is 0 Å². The first-order valence-corrected chi connectivity index (χ1v) is 8.13. The van der Waals surface area contributed by atoms with Crippen molar-refractivity contribution in [1.82, 2.24) is 9.88 Å². The third-order valence-corrected chi connectivity index (χ3v) is 5.47. The number of rotatable bonds is 5. The van der Waals surface area contributed by atoms with Gasteiger partial charge in [-0.25, -0.2) is 0 Å². The molecule has 1 fully saturated rings. The molecule has 0 atom stereocenters. The van der Waals surface area contributed by atoms with Gasteiger partial charge in [-0.05, 0) is 56.2 Å². The number of pyridine rings is 1. The van der Waals surface area contributed by atoms with Crippen LogP contribution >= 0.6 is 0 Å². The summed E-state index contributed by atoms with van der Waals surface area (Å²) < 4.78 is 0. The van der Waals surface area contributed by atoms with Crippen LogP contribution in [0.5, 0.6) is 0 Å². The molecule has 1 aliphatic rings. The van der Waals surface area contributed by atoms with Crippen molar-refractivity contribution in [3.05, 3.63) is 30.1 Å². The molecule has 112 valence electrons. The molecule has 0 N–H and O–H groups in total. The van der Waals surface area contributed by atoms with Crippen molar-refractivity contribution >= 4 is 0 Å². The Morgan fingerprint density at radius 1 is 1.20 bits per heavy atom. The molecule has 0 spiro atoms. The van der Waals surface area contributed by atoms with Gasteiger partial charge in [0.1, 0.15) is 0 Å². The molecule has 20 heavy (non-hydrogen) atoms. The number of nitrogens with zero attached hydrogens (tertiary/aromatic N) is 2. The second-order valence-corrected chi connectivity index (χ2v) is 7.08. The van der Waals surface area contributed by atoms with E-state index in [1.807, 2.05) is 12.3 Å². The third-order valence-electron chi connectivity index (χ3n) is 5.47. The van der Waals surface area contributed by atoms with Gasteiger partial charge < -0.3 is 0 Å². The van der Waals surface area contributed by atoms with Crippen LogP contribution in [-0.2, 0) is 6.54 Å². The molecule has 0 bridgehead atoms. The van der Waals surface area contributed by atoms with Gasteiger partial charge in [0.15, 0.2) is 0 Å². The molecule has 0 radical (unpaired) electrons. The van der Waals surface area contributed by atoms with E-state index >= 15 is 0 Å². The summed E-state index contributed by atoms with van der Waals surface area (Å²) in [6, 6.07) is 6.93. The standard InChI is InChI=1S/C18H30N2/c1-5-18(2,3)15-9-11-17(12-10-15)20(4)14-16-8-6-7-13-19-16/h6-8,13,15,17H,5,9-12,14H2,1-4H3. The maximum atomic E-state index is 4.44. The molecule has 0 aliphatic heterocycles. The average molecular weight is 274 g/mol. The molecule has 1 aliphatic carbocycles. The van der Waals surface area contributed by atoms with E-state index in [1.54, 1.807) is 0 Å². The lowest BCUT2D eigenvalue weighted by atomic mass is 9.69. The Hall–Kier alpha value is -0.890. The van der Waals surface area contributed by atoms with Crippen molar-refractivity contribution in [3.63, 3.8) is 0 Å². The lowest BCUT2D eigenvalue weighted by molar-refractivity contribution is 0.0944. The van der Waals surface area contributed by atoms with Crippen molar-refractivity contribution in [3.8, 4) is 0 Å². The molecular formula is C18H30N2. The Morgan fingerprint density at radius 2 is 1.90 bits per heavy atom. The van der Waals surface area contributed by atoms with Crippen molar-refractivity contribution in [2.45, 2.75) is 65.5 Å². The summed E-state index contributed by atoms with van der Waals surface area (Å²) in [4.78, 5) is 6.94. The Morgan fingerprint density at radius 3 is 2.45 bits per heavy atom. The van der Waals surface area contributed by atoms with Crippen molar-refractivity contribution in [2.24, 2.45) is 11.3 Å². The van der Waals surface area contributed by atoms with Crippen molar-refractivity contribution in [2.75, 3.05) is 7.05 Å². The molecule has 0 aromatic carbocycles.